The van der Waals surface area contributed by atoms with Gasteiger partial charge in [-0.05, 0) is 24.5 Å². The van der Waals surface area contributed by atoms with Crippen LogP contribution in [0.5, 0.6) is 0 Å². The van der Waals surface area contributed by atoms with E-state index in [2.05, 4.69) is 5.32 Å². The van der Waals surface area contributed by atoms with Gasteiger partial charge in [0, 0.05) is 31.0 Å². The summed E-state index contributed by atoms with van der Waals surface area (Å²) in [4.78, 5) is 27.8. The minimum absolute atomic E-state index is 0.0783. The smallest absolute Gasteiger partial charge is 0.243 e. The summed E-state index contributed by atoms with van der Waals surface area (Å²) in [6, 6.07) is 15.6. The molecule has 5 heteroatoms. The fourth-order valence-corrected chi connectivity index (χ4v) is 4.11. The number of nitrogens with one attached hydrogen (secondary N) is 1. The Labute approximate surface area is 178 Å². The minimum Gasteiger partial charge on any atom is -0.352 e. The van der Waals surface area contributed by atoms with Crippen LogP contribution in [0, 0.1) is 5.82 Å². The second kappa shape index (κ2) is 10.9. The lowest BCUT2D eigenvalue weighted by molar-refractivity contribution is -0.141. The summed E-state index contributed by atoms with van der Waals surface area (Å²) in [5.74, 6) is -0.667. The lowest BCUT2D eigenvalue weighted by Crippen LogP contribution is -2.52. The Kier molecular flexibility index (Phi) is 8.00. The Bertz CT molecular complexity index is 834. The Balaban J connectivity index is 1.87. The molecule has 1 atom stereocenters. The van der Waals surface area contributed by atoms with E-state index in [-0.39, 0.29) is 36.6 Å². The van der Waals surface area contributed by atoms with Crippen molar-refractivity contribution < 1.29 is 14.0 Å². The Hall–Kier alpha value is -2.69. The van der Waals surface area contributed by atoms with Crippen LogP contribution in [0.2, 0.25) is 0 Å². The van der Waals surface area contributed by atoms with Gasteiger partial charge in [-0.15, -0.1) is 0 Å². The number of halogens is 1. The number of benzene rings is 2. The third-order valence-corrected chi connectivity index (χ3v) is 5.82. The van der Waals surface area contributed by atoms with Crippen LogP contribution >= 0.6 is 0 Å². The van der Waals surface area contributed by atoms with Crippen molar-refractivity contribution in [2.75, 3.05) is 0 Å². The summed E-state index contributed by atoms with van der Waals surface area (Å²) < 4.78 is 14.3. The first kappa shape index (κ1) is 22.0. The van der Waals surface area contributed by atoms with E-state index in [9.17, 15) is 14.0 Å². The first-order valence-corrected chi connectivity index (χ1v) is 11.0. The zero-order valence-electron chi connectivity index (χ0n) is 17.6. The van der Waals surface area contributed by atoms with Crippen LogP contribution in [0.4, 0.5) is 4.39 Å². The highest BCUT2D eigenvalue weighted by Gasteiger charge is 2.31. The molecule has 160 valence electrons. The molecule has 0 bridgehead atoms. The molecule has 1 saturated carbocycles. The number of carbonyl (C=O) groups excluding carboxylic acids is 2. The number of nitrogens with zero attached hydrogens (tertiary/aromatic N) is 1. The summed E-state index contributed by atoms with van der Waals surface area (Å²) in [5.41, 5.74) is 1.39. The third kappa shape index (κ3) is 5.91. The van der Waals surface area contributed by atoms with Crippen LogP contribution in [-0.2, 0) is 22.6 Å². The van der Waals surface area contributed by atoms with Gasteiger partial charge in [-0.2, -0.15) is 0 Å². The fraction of sp³-hybridized carbons (Fsp3) is 0.440. The average Bonchev–Trinajstić information content (AvgIpc) is 2.78. The molecular weight excluding hydrogens is 379 g/mol. The van der Waals surface area contributed by atoms with Crippen molar-refractivity contribution in [2.24, 2.45) is 0 Å². The monoisotopic (exact) mass is 410 g/mol. The topological polar surface area (TPSA) is 49.4 Å². The number of hydrogen-bond acceptors (Lipinski definition) is 2. The lowest BCUT2D eigenvalue weighted by atomic mass is 9.94. The molecule has 1 fully saturated rings. The van der Waals surface area contributed by atoms with E-state index in [1.165, 1.54) is 12.5 Å². The predicted molar refractivity (Wildman–Crippen MR) is 116 cm³/mol. The molecule has 0 spiro atoms. The highest BCUT2D eigenvalue weighted by molar-refractivity contribution is 5.88. The number of carbonyl (C=O) groups is 2. The van der Waals surface area contributed by atoms with E-state index in [0.717, 1.165) is 31.2 Å². The SMILES string of the molecule is CCC(=O)N(Cc1ccccc1F)[C@@H](Cc1ccccc1)C(=O)NC1CCCCC1. The molecule has 0 saturated heterocycles. The van der Waals surface area contributed by atoms with Gasteiger partial charge in [0.15, 0.2) is 0 Å². The zero-order chi connectivity index (χ0) is 21.3. The molecular formula is C25H31FN2O2. The summed E-state index contributed by atoms with van der Waals surface area (Å²) in [7, 11) is 0. The Morgan fingerprint density at radius 3 is 2.37 bits per heavy atom. The van der Waals surface area contributed by atoms with Crippen molar-refractivity contribution in [1.29, 1.82) is 0 Å². The molecule has 3 rings (SSSR count). The molecule has 2 aromatic rings. The van der Waals surface area contributed by atoms with E-state index < -0.39 is 6.04 Å². The van der Waals surface area contributed by atoms with Gasteiger partial charge in [-0.1, -0.05) is 74.7 Å². The van der Waals surface area contributed by atoms with Crippen LogP contribution in [0.25, 0.3) is 0 Å². The summed E-state index contributed by atoms with van der Waals surface area (Å²) in [6.45, 7) is 1.85. The molecule has 0 unspecified atom stereocenters. The van der Waals surface area contributed by atoms with Crippen molar-refractivity contribution in [2.45, 2.75) is 70.5 Å². The van der Waals surface area contributed by atoms with Crippen LogP contribution in [0.15, 0.2) is 54.6 Å². The quantitative estimate of drug-likeness (QED) is 0.690. The molecule has 0 aliphatic heterocycles. The Morgan fingerprint density at radius 1 is 1.03 bits per heavy atom. The molecule has 2 aromatic carbocycles. The third-order valence-electron chi connectivity index (χ3n) is 5.82. The van der Waals surface area contributed by atoms with Crippen molar-refractivity contribution in [3.63, 3.8) is 0 Å². The normalized spacial score (nSPS) is 15.4. The molecule has 4 nitrogen and oxygen atoms in total. The maximum absolute atomic E-state index is 14.3. The fourth-order valence-electron chi connectivity index (χ4n) is 4.11. The van der Waals surface area contributed by atoms with Gasteiger partial charge < -0.3 is 10.2 Å². The van der Waals surface area contributed by atoms with Gasteiger partial charge in [0.25, 0.3) is 0 Å². The number of amides is 2. The van der Waals surface area contributed by atoms with Gasteiger partial charge in [0.1, 0.15) is 11.9 Å². The molecule has 30 heavy (non-hydrogen) atoms. The molecule has 1 N–H and O–H groups in total. The average molecular weight is 411 g/mol. The van der Waals surface area contributed by atoms with E-state index in [4.69, 9.17) is 0 Å². The molecule has 2 amide bonds. The van der Waals surface area contributed by atoms with Crippen molar-refractivity contribution in [3.8, 4) is 0 Å². The summed E-state index contributed by atoms with van der Waals surface area (Å²) in [6.07, 6.45) is 6.03. The summed E-state index contributed by atoms with van der Waals surface area (Å²) >= 11 is 0. The lowest BCUT2D eigenvalue weighted by Gasteiger charge is -2.33. The zero-order valence-corrected chi connectivity index (χ0v) is 17.6. The van der Waals surface area contributed by atoms with E-state index in [1.54, 1.807) is 30.0 Å². The van der Waals surface area contributed by atoms with Gasteiger partial charge in [0.05, 0.1) is 0 Å². The second-order valence-corrected chi connectivity index (χ2v) is 8.02. The van der Waals surface area contributed by atoms with Gasteiger partial charge >= 0.3 is 0 Å². The largest absolute Gasteiger partial charge is 0.352 e. The van der Waals surface area contributed by atoms with Crippen LogP contribution in [0.3, 0.4) is 0 Å². The number of hydrogen-bond donors (Lipinski definition) is 1. The molecule has 0 radical (unpaired) electrons. The van der Waals surface area contributed by atoms with Crippen molar-refractivity contribution in [1.82, 2.24) is 10.2 Å². The Morgan fingerprint density at radius 2 is 1.70 bits per heavy atom. The van der Waals surface area contributed by atoms with Gasteiger partial charge in [0.2, 0.25) is 11.8 Å². The maximum Gasteiger partial charge on any atom is 0.243 e. The molecule has 0 heterocycles. The maximum atomic E-state index is 14.3. The highest BCUT2D eigenvalue weighted by atomic mass is 19.1. The van der Waals surface area contributed by atoms with E-state index >= 15 is 0 Å². The second-order valence-electron chi connectivity index (χ2n) is 8.02. The first-order chi connectivity index (χ1) is 14.6. The van der Waals surface area contributed by atoms with Gasteiger partial charge in [-0.25, -0.2) is 4.39 Å². The molecule has 1 aliphatic carbocycles. The standard InChI is InChI=1S/C25H31FN2O2/c1-2-24(29)28(18-20-13-9-10-16-22(20)26)23(17-19-11-5-3-6-12-19)25(30)27-21-14-7-4-8-15-21/h3,5-6,9-13,16,21,23H,2,4,7-8,14-15,17-18H2,1H3,(H,27,30)/t23-/m0/s1. The van der Waals surface area contributed by atoms with Crippen LogP contribution in [-0.4, -0.2) is 28.8 Å². The van der Waals surface area contributed by atoms with Crippen LogP contribution in [0.1, 0.15) is 56.6 Å². The van der Waals surface area contributed by atoms with Crippen molar-refractivity contribution >= 4 is 11.8 Å². The number of rotatable bonds is 8. The molecule has 0 aromatic heterocycles. The van der Waals surface area contributed by atoms with Gasteiger partial charge in [-0.3, -0.25) is 9.59 Å². The summed E-state index contributed by atoms with van der Waals surface area (Å²) in [5, 5.41) is 3.17. The predicted octanol–water partition coefficient (Wildman–Crippen LogP) is 4.62. The highest BCUT2D eigenvalue weighted by Crippen LogP contribution is 2.20. The van der Waals surface area contributed by atoms with E-state index in [1.807, 2.05) is 30.3 Å². The minimum atomic E-state index is -0.679. The van der Waals surface area contributed by atoms with E-state index in [0.29, 0.717) is 12.0 Å². The first-order valence-electron chi connectivity index (χ1n) is 11.0. The van der Waals surface area contributed by atoms with Crippen molar-refractivity contribution in [3.05, 3.63) is 71.5 Å². The van der Waals surface area contributed by atoms with Crippen LogP contribution < -0.4 is 5.32 Å². The molecule has 1 aliphatic rings.